The van der Waals surface area contributed by atoms with Crippen LogP contribution in [0.5, 0.6) is 0 Å². The van der Waals surface area contributed by atoms with Crippen LogP contribution in [0.2, 0.25) is 0 Å². The molecule has 0 fully saturated rings. The molecule has 0 aliphatic rings. The Balaban J connectivity index is 1.67. The van der Waals surface area contributed by atoms with Gasteiger partial charge in [0.05, 0.1) is 29.3 Å². The van der Waals surface area contributed by atoms with Crippen LogP contribution in [0, 0.1) is 11.6 Å². The fourth-order valence-corrected chi connectivity index (χ4v) is 3.41. The molecule has 0 bridgehead atoms. The first kappa shape index (κ1) is 18.0. The van der Waals surface area contributed by atoms with Crippen molar-refractivity contribution in [2.45, 2.75) is 13.0 Å². The van der Waals surface area contributed by atoms with Crippen LogP contribution in [-0.4, -0.2) is 29.9 Å². The first-order valence-corrected chi connectivity index (χ1v) is 9.22. The molecule has 9 heteroatoms. The number of hydrogen-bond donors (Lipinski definition) is 2. The van der Waals surface area contributed by atoms with Crippen molar-refractivity contribution in [3.8, 4) is 11.4 Å². The SMILES string of the molecule is C[C@H](Nc1ncnc2[nH]cnc12)c1cc2c(F)cc(F)cc2nc1-c1ccccn1. The van der Waals surface area contributed by atoms with E-state index in [2.05, 4.69) is 35.2 Å². The van der Waals surface area contributed by atoms with Gasteiger partial charge in [-0.3, -0.25) is 4.98 Å². The van der Waals surface area contributed by atoms with E-state index in [9.17, 15) is 8.78 Å². The van der Waals surface area contributed by atoms with E-state index in [-0.39, 0.29) is 16.9 Å². The summed E-state index contributed by atoms with van der Waals surface area (Å²) in [6, 6.07) is 8.82. The molecule has 7 nitrogen and oxygen atoms in total. The van der Waals surface area contributed by atoms with E-state index in [4.69, 9.17) is 0 Å². The quantitative estimate of drug-likeness (QED) is 0.462. The first-order valence-electron chi connectivity index (χ1n) is 9.22. The summed E-state index contributed by atoms with van der Waals surface area (Å²) in [5, 5.41) is 3.52. The van der Waals surface area contributed by atoms with Crippen molar-refractivity contribution in [2.24, 2.45) is 0 Å². The van der Waals surface area contributed by atoms with Gasteiger partial charge in [0, 0.05) is 29.3 Å². The number of rotatable bonds is 4. The lowest BCUT2D eigenvalue weighted by atomic mass is 10.0. The van der Waals surface area contributed by atoms with E-state index >= 15 is 0 Å². The Hall–Kier alpha value is -4.01. The van der Waals surface area contributed by atoms with Crippen molar-refractivity contribution in [1.29, 1.82) is 0 Å². The Morgan fingerprint density at radius 3 is 2.77 bits per heavy atom. The van der Waals surface area contributed by atoms with E-state index in [0.717, 1.165) is 6.07 Å². The maximum absolute atomic E-state index is 14.5. The smallest absolute Gasteiger partial charge is 0.162 e. The number of nitrogens with one attached hydrogen (secondary N) is 2. The molecule has 1 atom stereocenters. The molecule has 0 spiro atoms. The third-order valence-corrected chi connectivity index (χ3v) is 4.82. The summed E-state index contributed by atoms with van der Waals surface area (Å²) in [4.78, 5) is 24.5. The van der Waals surface area contributed by atoms with Gasteiger partial charge in [-0.25, -0.2) is 28.7 Å². The van der Waals surface area contributed by atoms with Crippen LogP contribution in [0.3, 0.4) is 0 Å². The molecule has 0 radical (unpaired) electrons. The van der Waals surface area contributed by atoms with Crippen LogP contribution in [0.25, 0.3) is 33.5 Å². The zero-order valence-electron chi connectivity index (χ0n) is 15.8. The second-order valence-corrected chi connectivity index (χ2v) is 6.78. The van der Waals surface area contributed by atoms with Crippen molar-refractivity contribution >= 4 is 27.9 Å². The molecule has 0 unspecified atom stereocenters. The lowest BCUT2D eigenvalue weighted by Gasteiger charge is -2.19. The van der Waals surface area contributed by atoms with Gasteiger partial charge in [-0.05, 0) is 25.1 Å². The lowest BCUT2D eigenvalue weighted by molar-refractivity contribution is 0.591. The second kappa shape index (κ2) is 7.11. The monoisotopic (exact) mass is 403 g/mol. The van der Waals surface area contributed by atoms with Gasteiger partial charge in [-0.2, -0.15) is 0 Å². The zero-order valence-corrected chi connectivity index (χ0v) is 15.8. The number of pyridine rings is 2. The molecule has 0 saturated heterocycles. The van der Waals surface area contributed by atoms with Gasteiger partial charge in [0.1, 0.15) is 23.5 Å². The summed E-state index contributed by atoms with van der Waals surface area (Å²) in [5.41, 5.74) is 3.23. The standard InChI is InChI=1S/C21H15F2N7/c1-11(29-21-19-20(26-9-25-19)27-10-28-21)13-8-14-15(23)6-12(22)7-17(14)30-18(13)16-4-2-3-5-24-16/h2-11H,1H3,(H2,25,26,27,28,29)/t11-/m0/s1. The molecule has 30 heavy (non-hydrogen) atoms. The summed E-state index contributed by atoms with van der Waals surface area (Å²) in [5.74, 6) is -0.823. The molecule has 0 amide bonds. The molecule has 5 rings (SSSR count). The molecule has 0 aliphatic heterocycles. The van der Waals surface area contributed by atoms with Crippen LogP contribution in [0.1, 0.15) is 18.5 Å². The van der Waals surface area contributed by atoms with Gasteiger partial charge in [0.15, 0.2) is 11.5 Å². The predicted octanol–water partition coefficient (Wildman–Crippen LogP) is 4.41. The number of imidazole rings is 1. The number of aromatic amines is 1. The minimum atomic E-state index is -0.680. The summed E-state index contributed by atoms with van der Waals surface area (Å²) in [6.45, 7) is 1.90. The van der Waals surface area contributed by atoms with Gasteiger partial charge in [-0.1, -0.05) is 6.07 Å². The molecular weight excluding hydrogens is 388 g/mol. The largest absolute Gasteiger partial charge is 0.362 e. The van der Waals surface area contributed by atoms with Crippen molar-refractivity contribution < 1.29 is 8.78 Å². The number of nitrogens with zero attached hydrogens (tertiary/aromatic N) is 5. The predicted molar refractivity (Wildman–Crippen MR) is 109 cm³/mol. The first-order chi connectivity index (χ1) is 14.6. The van der Waals surface area contributed by atoms with Gasteiger partial charge in [0.25, 0.3) is 0 Å². The van der Waals surface area contributed by atoms with Gasteiger partial charge in [-0.15, -0.1) is 0 Å². The average Bonchev–Trinajstić information content (AvgIpc) is 3.23. The average molecular weight is 403 g/mol. The van der Waals surface area contributed by atoms with Crippen molar-refractivity contribution in [3.05, 3.63) is 72.4 Å². The van der Waals surface area contributed by atoms with Gasteiger partial charge < -0.3 is 10.3 Å². The molecule has 5 aromatic rings. The van der Waals surface area contributed by atoms with Crippen molar-refractivity contribution in [3.63, 3.8) is 0 Å². The normalized spacial score (nSPS) is 12.4. The second-order valence-electron chi connectivity index (χ2n) is 6.78. The number of halogens is 2. The van der Waals surface area contributed by atoms with Crippen LogP contribution in [0.4, 0.5) is 14.6 Å². The van der Waals surface area contributed by atoms with Crippen LogP contribution < -0.4 is 5.32 Å². The molecule has 4 aromatic heterocycles. The van der Waals surface area contributed by atoms with Gasteiger partial charge in [0.2, 0.25) is 0 Å². The zero-order chi connectivity index (χ0) is 20.7. The molecule has 0 saturated carbocycles. The van der Waals surface area contributed by atoms with E-state index in [1.807, 2.05) is 13.0 Å². The number of aromatic nitrogens is 6. The highest BCUT2D eigenvalue weighted by Crippen LogP contribution is 2.32. The summed E-state index contributed by atoms with van der Waals surface area (Å²) < 4.78 is 28.2. The number of H-pyrrole nitrogens is 1. The molecule has 148 valence electrons. The fraction of sp³-hybridized carbons (Fsp3) is 0.0952. The van der Waals surface area contributed by atoms with Crippen molar-refractivity contribution in [1.82, 2.24) is 29.9 Å². The van der Waals surface area contributed by atoms with Crippen LogP contribution in [-0.2, 0) is 0 Å². The molecule has 2 N–H and O–H groups in total. The summed E-state index contributed by atoms with van der Waals surface area (Å²) in [7, 11) is 0. The number of hydrogen-bond acceptors (Lipinski definition) is 6. The molecular formula is C21H15F2N7. The van der Waals surface area contributed by atoms with Gasteiger partial charge >= 0.3 is 0 Å². The Bertz CT molecular complexity index is 1370. The minimum absolute atomic E-state index is 0.223. The lowest BCUT2D eigenvalue weighted by Crippen LogP contribution is -2.11. The third kappa shape index (κ3) is 3.10. The highest BCUT2D eigenvalue weighted by Gasteiger charge is 2.19. The third-order valence-electron chi connectivity index (χ3n) is 4.82. The summed E-state index contributed by atoms with van der Waals surface area (Å²) in [6.07, 6.45) is 4.61. The number of fused-ring (bicyclic) bond motifs is 2. The maximum Gasteiger partial charge on any atom is 0.162 e. The fourth-order valence-electron chi connectivity index (χ4n) is 3.41. The highest BCUT2D eigenvalue weighted by atomic mass is 19.1. The van der Waals surface area contributed by atoms with E-state index in [0.29, 0.717) is 33.9 Å². The Kier molecular flexibility index (Phi) is 4.27. The van der Waals surface area contributed by atoms with Crippen LogP contribution >= 0.6 is 0 Å². The molecule has 4 heterocycles. The van der Waals surface area contributed by atoms with Crippen molar-refractivity contribution in [2.75, 3.05) is 5.32 Å². The van der Waals surface area contributed by atoms with E-state index in [1.165, 1.54) is 18.7 Å². The molecule has 1 aromatic carbocycles. The molecule has 0 aliphatic carbocycles. The summed E-state index contributed by atoms with van der Waals surface area (Å²) >= 11 is 0. The van der Waals surface area contributed by atoms with E-state index < -0.39 is 11.6 Å². The highest BCUT2D eigenvalue weighted by molar-refractivity contribution is 5.85. The Morgan fingerprint density at radius 2 is 1.93 bits per heavy atom. The number of anilines is 1. The minimum Gasteiger partial charge on any atom is -0.362 e. The Morgan fingerprint density at radius 1 is 1.03 bits per heavy atom. The topological polar surface area (TPSA) is 92.3 Å². The maximum atomic E-state index is 14.5. The van der Waals surface area contributed by atoms with Crippen LogP contribution in [0.15, 0.2) is 55.2 Å². The van der Waals surface area contributed by atoms with E-state index in [1.54, 1.807) is 24.4 Å². The number of benzene rings is 1. The Labute approximate surface area is 169 Å².